The number of hydrogen-bond acceptors (Lipinski definition) is 6. The van der Waals surface area contributed by atoms with Crippen LogP contribution < -0.4 is 5.56 Å². The molecular weight excluding hydrogens is 328 g/mol. The number of nitrogens with zero attached hydrogens (tertiary/aromatic N) is 3. The number of hydrogen-bond donors (Lipinski definition) is 1. The summed E-state index contributed by atoms with van der Waals surface area (Å²) in [5, 5.41) is 0.971. The summed E-state index contributed by atoms with van der Waals surface area (Å²) in [6.45, 7) is 6.99. The fourth-order valence-electron chi connectivity index (χ4n) is 2.81. The minimum absolute atomic E-state index is 0.0524. The lowest BCUT2D eigenvalue weighted by Crippen LogP contribution is -2.43. The van der Waals surface area contributed by atoms with Crippen molar-refractivity contribution in [2.24, 2.45) is 0 Å². The minimum atomic E-state index is -0.368. The van der Waals surface area contributed by atoms with Gasteiger partial charge in [-0.1, -0.05) is 0 Å². The molecule has 1 unspecified atom stereocenters. The molecule has 1 aliphatic rings. The largest absolute Gasteiger partial charge is 0.368 e. The summed E-state index contributed by atoms with van der Waals surface area (Å²) < 4.78 is 5.71. The quantitative estimate of drug-likeness (QED) is 0.903. The van der Waals surface area contributed by atoms with E-state index < -0.39 is 0 Å². The molecule has 1 atom stereocenters. The van der Waals surface area contributed by atoms with Gasteiger partial charge in [-0.2, -0.15) is 0 Å². The molecule has 8 heteroatoms. The van der Waals surface area contributed by atoms with Crippen molar-refractivity contribution in [2.75, 3.05) is 19.7 Å². The summed E-state index contributed by atoms with van der Waals surface area (Å²) in [4.78, 5) is 38.3. The number of carbonyl (C=O) groups is 1. The molecule has 1 amide bonds. The number of aromatic amines is 1. The summed E-state index contributed by atoms with van der Waals surface area (Å²) in [6.07, 6.45) is -0.0145. The second-order valence-electron chi connectivity index (χ2n) is 5.87. The fourth-order valence-corrected chi connectivity index (χ4v) is 3.74. The van der Waals surface area contributed by atoms with Gasteiger partial charge in [0.15, 0.2) is 0 Å². The van der Waals surface area contributed by atoms with Gasteiger partial charge >= 0.3 is 0 Å². The number of aromatic nitrogens is 3. The third-order valence-electron chi connectivity index (χ3n) is 3.94. The molecule has 0 saturated carbocycles. The van der Waals surface area contributed by atoms with Gasteiger partial charge in [0.2, 0.25) is 5.91 Å². The van der Waals surface area contributed by atoms with Crippen molar-refractivity contribution >= 4 is 17.2 Å². The van der Waals surface area contributed by atoms with E-state index in [2.05, 4.69) is 15.0 Å². The summed E-state index contributed by atoms with van der Waals surface area (Å²) in [7, 11) is 0. The summed E-state index contributed by atoms with van der Waals surface area (Å²) in [6, 6.07) is 1.43. The maximum absolute atomic E-state index is 12.6. The monoisotopic (exact) mass is 348 g/mol. The molecule has 0 aliphatic carbocycles. The molecule has 128 valence electrons. The zero-order valence-electron chi connectivity index (χ0n) is 14.0. The van der Waals surface area contributed by atoms with Crippen LogP contribution in [0.2, 0.25) is 0 Å². The first-order valence-electron chi connectivity index (χ1n) is 7.82. The third kappa shape index (κ3) is 3.70. The number of H-pyrrole nitrogens is 1. The Morgan fingerprint density at radius 2 is 2.21 bits per heavy atom. The van der Waals surface area contributed by atoms with Crippen LogP contribution in [0.5, 0.6) is 0 Å². The highest BCUT2D eigenvalue weighted by Crippen LogP contribution is 2.22. The third-order valence-corrected chi connectivity index (χ3v) is 5.01. The van der Waals surface area contributed by atoms with Gasteiger partial charge in [-0.05, 0) is 20.8 Å². The predicted octanol–water partition coefficient (Wildman–Crippen LogP) is 1.29. The Morgan fingerprint density at radius 1 is 1.42 bits per heavy atom. The van der Waals surface area contributed by atoms with Crippen LogP contribution in [0.4, 0.5) is 0 Å². The van der Waals surface area contributed by atoms with Crippen LogP contribution in [0, 0.1) is 20.8 Å². The Labute approximate surface area is 143 Å². The van der Waals surface area contributed by atoms with Crippen molar-refractivity contribution in [3.8, 4) is 0 Å². The first-order valence-corrected chi connectivity index (χ1v) is 8.64. The number of ether oxygens (including phenoxy) is 1. The molecule has 7 nitrogen and oxygen atoms in total. The zero-order valence-corrected chi connectivity index (χ0v) is 14.8. The van der Waals surface area contributed by atoms with E-state index in [1.165, 1.54) is 6.07 Å². The molecule has 3 heterocycles. The summed E-state index contributed by atoms with van der Waals surface area (Å²) in [5.74, 6) is 0.594. The number of carbonyl (C=O) groups excluding carboxylic acids is 1. The van der Waals surface area contributed by atoms with Crippen molar-refractivity contribution in [1.82, 2.24) is 19.9 Å². The zero-order chi connectivity index (χ0) is 17.3. The number of aryl methyl sites for hydroxylation is 3. The first-order chi connectivity index (χ1) is 11.4. The van der Waals surface area contributed by atoms with Crippen molar-refractivity contribution in [1.29, 1.82) is 0 Å². The summed E-state index contributed by atoms with van der Waals surface area (Å²) >= 11 is 1.56. The first kappa shape index (κ1) is 16.8. The predicted molar refractivity (Wildman–Crippen MR) is 90.2 cm³/mol. The average Bonchev–Trinajstić information content (AvgIpc) is 2.84. The highest BCUT2D eigenvalue weighted by atomic mass is 32.1. The molecule has 0 bridgehead atoms. The minimum Gasteiger partial charge on any atom is -0.368 e. The van der Waals surface area contributed by atoms with Gasteiger partial charge < -0.3 is 14.6 Å². The van der Waals surface area contributed by atoms with Crippen molar-refractivity contribution in [3.63, 3.8) is 0 Å². The second kappa shape index (κ2) is 6.82. The topological polar surface area (TPSA) is 88.2 Å². The van der Waals surface area contributed by atoms with E-state index in [1.807, 2.05) is 13.8 Å². The molecule has 2 aromatic heterocycles. The van der Waals surface area contributed by atoms with Gasteiger partial charge in [0.05, 0.1) is 36.0 Å². The van der Waals surface area contributed by atoms with Crippen LogP contribution in [0.25, 0.3) is 0 Å². The van der Waals surface area contributed by atoms with Gasteiger partial charge in [0.1, 0.15) is 11.9 Å². The molecule has 1 N–H and O–H groups in total. The number of amides is 1. The smallest absolute Gasteiger partial charge is 0.251 e. The van der Waals surface area contributed by atoms with E-state index in [9.17, 15) is 9.59 Å². The van der Waals surface area contributed by atoms with Gasteiger partial charge in [0.25, 0.3) is 5.56 Å². The van der Waals surface area contributed by atoms with Crippen LogP contribution in [0.3, 0.4) is 0 Å². The van der Waals surface area contributed by atoms with Gasteiger partial charge in [0, 0.05) is 17.5 Å². The number of morpholine rings is 1. The highest BCUT2D eigenvalue weighted by Gasteiger charge is 2.27. The van der Waals surface area contributed by atoms with Gasteiger partial charge in [-0.3, -0.25) is 9.59 Å². The molecule has 1 aliphatic heterocycles. The van der Waals surface area contributed by atoms with Crippen molar-refractivity contribution in [3.05, 3.63) is 43.5 Å². The SMILES string of the molecule is Cc1nc(C2CN(C(=O)Cc3sc(C)nc3C)CCO2)cc(=O)[nH]1. The van der Waals surface area contributed by atoms with Crippen LogP contribution in [0.1, 0.15) is 33.2 Å². The van der Waals surface area contributed by atoms with E-state index in [1.54, 1.807) is 23.2 Å². The van der Waals surface area contributed by atoms with E-state index in [0.29, 0.717) is 37.6 Å². The van der Waals surface area contributed by atoms with E-state index in [4.69, 9.17) is 4.74 Å². The standard InChI is InChI=1S/C16H20N4O3S/c1-9-14(24-11(3)17-9)7-16(22)20-4-5-23-13(8-20)12-6-15(21)19-10(2)18-12/h6,13H,4-5,7-8H2,1-3H3,(H,18,19,21). The molecule has 0 radical (unpaired) electrons. The van der Waals surface area contributed by atoms with Crippen molar-refractivity contribution < 1.29 is 9.53 Å². The Hall–Kier alpha value is -2.06. The number of thiazole rings is 1. The molecule has 24 heavy (non-hydrogen) atoms. The Bertz CT molecular complexity index is 814. The summed E-state index contributed by atoms with van der Waals surface area (Å²) in [5.41, 5.74) is 1.28. The van der Waals surface area contributed by atoms with Gasteiger partial charge in [-0.25, -0.2) is 9.97 Å². The van der Waals surface area contributed by atoms with Gasteiger partial charge in [-0.15, -0.1) is 11.3 Å². The molecule has 3 rings (SSSR count). The van der Waals surface area contributed by atoms with E-state index in [0.717, 1.165) is 15.6 Å². The Morgan fingerprint density at radius 3 is 2.88 bits per heavy atom. The van der Waals surface area contributed by atoms with E-state index >= 15 is 0 Å². The molecule has 0 spiro atoms. The Kier molecular flexibility index (Phi) is 4.77. The lowest BCUT2D eigenvalue weighted by atomic mass is 10.1. The van der Waals surface area contributed by atoms with Crippen LogP contribution in [-0.4, -0.2) is 45.5 Å². The molecule has 1 saturated heterocycles. The molecule has 1 fully saturated rings. The molecular formula is C16H20N4O3S. The lowest BCUT2D eigenvalue weighted by molar-refractivity contribution is -0.138. The maximum atomic E-state index is 12.6. The molecule has 2 aromatic rings. The fraction of sp³-hybridized carbons (Fsp3) is 0.500. The average molecular weight is 348 g/mol. The molecule has 0 aromatic carbocycles. The van der Waals surface area contributed by atoms with Crippen LogP contribution in [-0.2, 0) is 16.0 Å². The van der Waals surface area contributed by atoms with Crippen molar-refractivity contribution in [2.45, 2.75) is 33.3 Å². The lowest BCUT2D eigenvalue weighted by Gasteiger charge is -2.32. The van der Waals surface area contributed by atoms with Crippen LogP contribution >= 0.6 is 11.3 Å². The highest BCUT2D eigenvalue weighted by molar-refractivity contribution is 7.11. The Balaban J connectivity index is 1.72. The van der Waals surface area contributed by atoms with Crippen LogP contribution in [0.15, 0.2) is 10.9 Å². The normalized spacial score (nSPS) is 18.0. The number of nitrogens with one attached hydrogen (secondary N) is 1. The van der Waals surface area contributed by atoms with E-state index in [-0.39, 0.29) is 17.6 Å². The second-order valence-corrected chi connectivity index (χ2v) is 7.16. The number of rotatable bonds is 3. The maximum Gasteiger partial charge on any atom is 0.251 e.